The van der Waals surface area contributed by atoms with Crippen molar-refractivity contribution in [2.45, 2.75) is 13.5 Å². The van der Waals surface area contributed by atoms with Crippen LogP contribution in [0.2, 0.25) is 5.02 Å². The van der Waals surface area contributed by atoms with Crippen molar-refractivity contribution in [3.8, 4) is 0 Å². The van der Waals surface area contributed by atoms with Crippen molar-refractivity contribution in [1.82, 2.24) is 14.9 Å². The van der Waals surface area contributed by atoms with E-state index in [0.717, 1.165) is 34.0 Å². The number of halogens is 1. The first-order valence-electron chi connectivity index (χ1n) is 4.89. The summed E-state index contributed by atoms with van der Waals surface area (Å²) in [4.78, 5) is 4.47. The normalized spacial score (nSPS) is 11.2. The predicted octanol–water partition coefficient (Wildman–Crippen LogP) is 2.25. The van der Waals surface area contributed by atoms with Gasteiger partial charge < -0.3 is 9.88 Å². The summed E-state index contributed by atoms with van der Waals surface area (Å²) in [6, 6.07) is 4.02. The molecular weight excluding hydrogens is 210 g/mol. The summed E-state index contributed by atoms with van der Waals surface area (Å²) < 4.78 is 2.05. The SMILES string of the molecule is CNCc1cc2nc(C)n(C)c2cc1Cl. The van der Waals surface area contributed by atoms with Gasteiger partial charge in [-0.1, -0.05) is 11.6 Å². The van der Waals surface area contributed by atoms with Gasteiger partial charge in [-0.3, -0.25) is 0 Å². The van der Waals surface area contributed by atoms with Crippen LogP contribution in [0.4, 0.5) is 0 Å². The quantitative estimate of drug-likeness (QED) is 0.847. The van der Waals surface area contributed by atoms with Gasteiger partial charge in [0, 0.05) is 18.6 Å². The van der Waals surface area contributed by atoms with E-state index in [2.05, 4.69) is 10.3 Å². The molecule has 0 atom stereocenters. The molecule has 0 radical (unpaired) electrons. The van der Waals surface area contributed by atoms with Crippen LogP contribution >= 0.6 is 11.6 Å². The predicted molar refractivity (Wildman–Crippen MR) is 63.2 cm³/mol. The highest BCUT2D eigenvalue weighted by atomic mass is 35.5. The van der Waals surface area contributed by atoms with Crippen molar-refractivity contribution >= 4 is 22.6 Å². The van der Waals surface area contributed by atoms with E-state index in [9.17, 15) is 0 Å². The lowest BCUT2D eigenvalue weighted by molar-refractivity contribution is 0.819. The minimum Gasteiger partial charge on any atom is -0.331 e. The molecule has 1 aromatic heterocycles. The molecule has 15 heavy (non-hydrogen) atoms. The van der Waals surface area contributed by atoms with Gasteiger partial charge in [0.1, 0.15) is 5.82 Å². The third-order valence-corrected chi connectivity index (χ3v) is 2.99. The van der Waals surface area contributed by atoms with Gasteiger partial charge >= 0.3 is 0 Å². The van der Waals surface area contributed by atoms with Gasteiger partial charge in [-0.15, -0.1) is 0 Å². The zero-order valence-corrected chi connectivity index (χ0v) is 9.89. The summed E-state index contributed by atoms with van der Waals surface area (Å²) in [6.45, 7) is 2.76. The molecule has 0 fully saturated rings. The molecule has 2 rings (SSSR count). The first-order chi connectivity index (χ1) is 7.13. The van der Waals surface area contributed by atoms with E-state index in [0.29, 0.717) is 0 Å². The fourth-order valence-corrected chi connectivity index (χ4v) is 1.93. The van der Waals surface area contributed by atoms with Crippen LogP contribution < -0.4 is 5.32 Å². The Labute approximate surface area is 94.1 Å². The van der Waals surface area contributed by atoms with Gasteiger partial charge in [-0.25, -0.2) is 4.98 Å². The second kappa shape index (κ2) is 3.83. The maximum absolute atomic E-state index is 6.18. The van der Waals surface area contributed by atoms with E-state index < -0.39 is 0 Å². The maximum atomic E-state index is 6.18. The van der Waals surface area contributed by atoms with Crippen LogP contribution in [-0.2, 0) is 13.6 Å². The highest BCUT2D eigenvalue weighted by Gasteiger charge is 2.08. The summed E-state index contributed by atoms with van der Waals surface area (Å²) in [7, 11) is 3.91. The molecule has 4 heteroatoms. The zero-order valence-electron chi connectivity index (χ0n) is 9.13. The van der Waals surface area contributed by atoms with E-state index >= 15 is 0 Å². The van der Waals surface area contributed by atoms with Gasteiger partial charge in [-0.05, 0) is 31.7 Å². The van der Waals surface area contributed by atoms with Crippen molar-refractivity contribution in [2.75, 3.05) is 7.05 Å². The number of aryl methyl sites for hydroxylation is 2. The fourth-order valence-electron chi connectivity index (χ4n) is 1.70. The maximum Gasteiger partial charge on any atom is 0.106 e. The number of rotatable bonds is 2. The lowest BCUT2D eigenvalue weighted by Gasteiger charge is -2.04. The topological polar surface area (TPSA) is 29.9 Å². The Hall–Kier alpha value is -1.06. The molecule has 0 spiro atoms. The largest absolute Gasteiger partial charge is 0.331 e. The Morgan fingerprint density at radius 3 is 2.87 bits per heavy atom. The molecule has 0 unspecified atom stereocenters. The molecule has 2 aromatic rings. The molecule has 1 heterocycles. The molecule has 80 valence electrons. The molecule has 1 N–H and O–H groups in total. The van der Waals surface area contributed by atoms with Crippen LogP contribution in [0.25, 0.3) is 11.0 Å². The van der Waals surface area contributed by atoms with Crippen LogP contribution in [0.5, 0.6) is 0 Å². The molecule has 0 aliphatic heterocycles. The molecule has 1 aromatic carbocycles. The van der Waals surface area contributed by atoms with Crippen LogP contribution in [0.15, 0.2) is 12.1 Å². The second-order valence-corrected chi connectivity index (χ2v) is 4.09. The number of fused-ring (bicyclic) bond motifs is 1. The van der Waals surface area contributed by atoms with E-state index in [1.807, 2.05) is 37.7 Å². The molecule has 3 nitrogen and oxygen atoms in total. The van der Waals surface area contributed by atoms with Crippen LogP contribution in [0.1, 0.15) is 11.4 Å². The van der Waals surface area contributed by atoms with Crippen LogP contribution in [0, 0.1) is 6.92 Å². The lowest BCUT2D eigenvalue weighted by Crippen LogP contribution is -2.05. The van der Waals surface area contributed by atoms with E-state index in [1.54, 1.807) is 0 Å². The number of benzene rings is 1. The average molecular weight is 224 g/mol. The average Bonchev–Trinajstić information content (AvgIpc) is 2.46. The molecule has 0 saturated heterocycles. The molecule has 0 saturated carbocycles. The first kappa shape index (κ1) is 10.5. The monoisotopic (exact) mass is 223 g/mol. The summed E-state index contributed by atoms with van der Waals surface area (Å²) in [5.74, 6) is 1.00. The van der Waals surface area contributed by atoms with Crippen molar-refractivity contribution in [1.29, 1.82) is 0 Å². The zero-order chi connectivity index (χ0) is 11.0. The number of nitrogens with one attached hydrogen (secondary N) is 1. The Kier molecular flexibility index (Phi) is 2.67. The molecular formula is C11H14ClN3. The third kappa shape index (κ3) is 1.73. The number of hydrogen-bond acceptors (Lipinski definition) is 2. The molecule has 0 aliphatic rings. The number of aromatic nitrogens is 2. The molecule has 0 aliphatic carbocycles. The lowest BCUT2D eigenvalue weighted by atomic mass is 10.2. The van der Waals surface area contributed by atoms with Crippen molar-refractivity contribution in [3.63, 3.8) is 0 Å². The highest BCUT2D eigenvalue weighted by Crippen LogP contribution is 2.24. The van der Waals surface area contributed by atoms with Gasteiger partial charge in [-0.2, -0.15) is 0 Å². The minimum absolute atomic E-state index is 0.768. The number of nitrogens with zero attached hydrogens (tertiary/aromatic N) is 2. The van der Waals surface area contributed by atoms with Gasteiger partial charge in [0.2, 0.25) is 0 Å². The third-order valence-electron chi connectivity index (χ3n) is 2.64. The Bertz CT molecular complexity index is 502. The smallest absolute Gasteiger partial charge is 0.106 e. The fraction of sp³-hybridized carbons (Fsp3) is 0.364. The summed E-state index contributed by atoms with van der Waals surface area (Å²) in [5, 5.41) is 3.88. The molecule has 0 amide bonds. The van der Waals surface area contributed by atoms with Gasteiger partial charge in [0.05, 0.1) is 11.0 Å². The Morgan fingerprint density at radius 1 is 1.47 bits per heavy atom. The standard InChI is InChI=1S/C11H14ClN3/c1-7-14-10-4-8(6-13-2)9(12)5-11(10)15(7)3/h4-5,13H,6H2,1-3H3. The Morgan fingerprint density at radius 2 is 2.20 bits per heavy atom. The van der Waals surface area contributed by atoms with E-state index in [4.69, 9.17) is 11.6 Å². The van der Waals surface area contributed by atoms with Crippen LogP contribution in [-0.4, -0.2) is 16.6 Å². The summed E-state index contributed by atoms with van der Waals surface area (Å²) >= 11 is 6.18. The Balaban J connectivity index is 2.65. The van der Waals surface area contributed by atoms with Crippen molar-refractivity contribution in [3.05, 3.63) is 28.5 Å². The van der Waals surface area contributed by atoms with E-state index in [-0.39, 0.29) is 0 Å². The van der Waals surface area contributed by atoms with Crippen molar-refractivity contribution < 1.29 is 0 Å². The number of imidazole rings is 1. The van der Waals surface area contributed by atoms with Gasteiger partial charge in [0.25, 0.3) is 0 Å². The molecule has 0 bridgehead atoms. The van der Waals surface area contributed by atoms with Crippen LogP contribution in [0.3, 0.4) is 0 Å². The minimum atomic E-state index is 0.768. The highest BCUT2D eigenvalue weighted by molar-refractivity contribution is 6.32. The van der Waals surface area contributed by atoms with Crippen molar-refractivity contribution in [2.24, 2.45) is 7.05 Å². The number of hydrogen-bond donors (Lipinski definition) is 1. The summed E-state index contributed by atoms with van der Waals surface area (Å²) in [6.07, 6.45) is 0. The second-order valence-electron chi connectivity index (χ2n) is 3.68. The summed E-state index contributed by atoms with van der Waals surface area (Å²) in [5.41, 5.74) is 3.17. The van der Waals surface area contributed by atoms with E-state index in [1.165, 1.54) is 0 Å². The first-order valence-corrected chi connectivity index (χ1v) is 5.27. The van der Waals surface area contributed by atoms with Gasteiger partial charge in [0.15, 0.2) is 0 Å².